The van der Waals surface area contributed by atoms with E-state index in [1.54, 1.807) is 0 Å². The standard InChI is InChI=1S/C19H23NO/c1-13-18(14-8-6-5-7-9-14)21-17-11-10-15(19(2,3)4)12-16(17)20-13/h5-13,18,20H,1-4H3. The van der Waals surface area contributed by atoms with E-state index in [2.05, 4.69) is 75.5 Å². The van der Waals surface area contributed by atoms with Crippen LogP contribution in [0.2, 0.25) is 0 Å². The van der Waals surface area contributed by atoms with Crippen LogP contribution in [0.1, 0.15) is 44.9 Å². The van der Waals surface area contributed by atoms with E-state index in [9.17, 15) is 0 Å². The van der Waals surface area contributed by atoms with Crippen molar-refractivity contribution in [2.75, 3.05) is 5.32 Å². The third kappa shape index (κ3) is 2.76. The van der Waals surface area contributed by atoms with Gasteiger partial charge in [-0.2, -0.15) is 0 Å². The Kier molecular flexibility index (Phi) is 3.40. The van der Waals surface area contributed by atoms with Gasteiger partial charge in [0.1, 0.15) is 11.9 Å². The normalized spacial score (nSPS) is 21.1. The molecule has 2 nitrogen and oxygen atoms in total. The van der Waals surface area contributed by atoms with Crippen LogP contribution in [0.4, 0.5) is 5.69 Å². The first-order valence-corrected chi connectivity index (χ1v) is 7.58. The molecule has 21 heavy (non-hydrogen) atoms. The van der Waals surface area contributed by atoms with Gasteiger partial charge in [0, 0.05) is 0 Å². The molecule has 2 aromatic rings. The topological polar surface area (TPSA) is 21.3 Å². The molecule has 2 unspecified atom stereocenters. The second-order valence-corrected chi connectivity index (χ2v) is 6.84. The lowest BCUT2D eigenvalue weighted by Crippen LogP contribution is -2.32. The Morgan fingerprint density at radius 1 is 1.00 bits per heavy atom. The van der Waals surface area contributed by atoms with Gasteiger partial charge in [0.05, 0.1) is 11.7 Å². The van der Waals surface area contributed by atoms with E-state index in [1.165, 1.54) is 11.1 Å². The molecule has 3 rings (SSSR count). The molecule has 2 atom stereocenters. The summed E-state index contributed by atoms with van der Waals surface area (Å²) in [5.41, 5.74) is 3.78. The summed E-state index contributed by atoms with van der Waals surface area (Å²) in [6, 6.07) is 17.1. The minimum absolute atomic E-state index is 0.0548. The number of hydrogen-bond donors (Lipinski definition) is 1. The van der Waals surface area contributed by atoms with E-state index in [0.29, 0.717) is 0 Å². The van der Waals surface area contributed by atoms with Gasteiger partial charge in [0.15, 0.2) is 0 Å². The van der Waals surface area contributed by atoms with Crippen molar-refractivity contribution in [3.63, 3.8) is 0 Å². The molecule has 1 aliphatic rings. The van der Waals surface area contributed by atoms with Gasteiger partial charge in [-0.05, 0) is 35.6 Å². The van der Waals surface area contributed by atoms with Crippen LogP contribution in [-0.4, -0.2) is 6.04 Å². The number of fused-ring (bicyclic) bond motifs is 1. The summed E-state index contributed by atoms with van der Waals surface area (Å²) in [7, 11) is 0. The van der Waals surface area contributed by atoms with Gasteiger partial charge in [-0.15, -0.1) is 0 Å². The molecule has 2 heteroatoms. The summed E-state index contributed by atoms with van der Waals surface area (Å²) in [6.45, 7) is 8.86. The van der Waals surface area contributed by atoms with Crippen LogP contribution in [-0.2, 0) is 5.41 Å². The summed E-state index contributed by atoms with van der Waals surface area (Å²) in [5, 5.41) is 3.60. The molecule has 0 radical (unpaired) electrons. The van der Waals surface area contributed by atoms with Crippen LogP contribution in [0, 0.1) is 0 Å². The fourth-order valence-corrected chi connectivity index (χ4v) is 2.77. The van der Waals surface area contributed by atoms with Crippen molar-refractivity contribution in [3.05, 3.63) is 59.7 Å². The first-order chi connectivity index (χ1) is 9.95. The third-order valence-electron chi connectivity index (χ3n) is 4.06. The highest BCUT2D eigenvalue weighted by Gasteiger charge is 2.28. The van der Waals surface area contributed by atoms with E-state index >= 15 is 0 Å². The largest absolute Gasteiger partial charge is 0.481 e. The quantitative estimate of drug-likeness (QED) is 0.801. The van der Waals surface area contributed by atoms with Crippen molar-refractivity contribution in [3.8, 4) is 5.75 Å². The van der Waals surface area contributed by atoms with Crippen LogP contribution >= 0.6 is 0 Å². The zero-order valence-electron chi connectivity index (χ0n) is 13.2. The Hall–Kier alpha value is -1.96. The van der Waals surface area contributed by atoms with Gasteiger partial charge in [-0.1, -0.05) is 57.2 Å². The van der Waals surface area contributed by atoms with Crippen molar-refractivity contribution in [2.24, 2.45) is 0 Å². The lowest BCUT2D eigenvalue weighted by atomic mass is 9.86. The molecule has 1 heterocycles. The number of hydrogen-bond acceptors (Lipinski definition) is 2. The molecule has 1 aliphatic heterocycles. The first-order valence-electron chi connectivity index (χ1n) is 7.58. The molecule has 0 aliphatic carbocycles. The number of anilines is 1. The lowest BCUT2D eigenvalue weighted by molar-refractivity contribution is 0.177. The Bertz CT molecular complexity index is 628. The molecule has 1 N–H and O–H groups in total. The lowest BCUT2D eigenvalue weighted by Gasteiger charge is -2.34. The van der Waals surface area contributed by atoms with Crippen LogP contribution in [0.5, 0.6) is 5.75 Å². The van der Waals surface area contributed by atoms with Crippen molar-refractivity contribution in [2.45, 2.75) is 45.3 Å². The smallest absolute Gasteiger partial charge is 0.144 e. The maximum Gasteiger partial charge on any atom is 0.144 e. The van der Waals surface area contributed by atoms with Gasteiger partial charge in [0.2, 0.25) is 0 Å². The van der Waals surface area contributed by atoms with E-state index < -0.39 is 0 Å². The highest BCUT2D eigenvalue weighted by atomic mass is 16.5. The fraction of sp³-hybridized carbons (Fsp3) is 0.368. The monoisotopic (exact) mass is 281 g/mol. The number of rotatable bonds is 1. The zero-order chi connectivity index (χ0) is 15.0. The van der Waals surface area contributed by atoms with Crippen LogP contribution in [0.15, 0.2) is 48.5 Å². The highest BCUT2D eigenvalue weighted by molar-refractivity contribution is 5.61. The molecule has 0 amide bonds. The Labute approximate surface area is 127 Å². The molecule has 2 aromatic carbocycles. The van der Waals surface area contributed by atoms with E-state index in [1.807, 2.05) is 6.07 Å². The van der Waals surface area contributed by atoms with Gasteiger partial charge in [-0.3, -0.25) is 0 Å². The summed E-state index contributed by atoms with van der Waals surface area (Å²) >= 11 is 0. The van der Waals surface area contributed by atoms with Crippen LogP contribution in [0.25, 0.3) is 0 Å². The van der Waals surface area contributed by atoms with E-state index in [-0.39, 0.29) is 17.6 Å². The van der Waals surface area contributed by atoms with Crippen LogP contribution < -0.4 is 10.1 Å². The second kappa shape index (κ2) is 5.10. The molecular weight excluding hydrogens is 258 g/mol. The van der Waals surface area contributed by atoms with Crippen molar-refractivity contribution in [1.29, 1.82) is 0 Å². The summed E-state index contributed by atoms with van der Waals surface area (Å²) in [4.78, 5) is 0. The Balaban J connectivity index is 1.93. The molecular formula is C19H23NO. The molecule has 0 bridgehead atoms. The number of ether oxygens (including phenoxy) is 1. The Morgan fingerprint density at radius 3 is 2.38 bits per heavy atom. The van der Waals surface area contributed by atoms with Gasteiger partial charge in [0.25, 0.3) is 0 Å². The minimum atomic E-state index is 0.0548. The predicted octanol–water partition coefficient (Wildman–Crippen LogP) is 4.92. The SMILES string of the molecule is CC1Nc2cc(C(C)(C)C)ccc2OC1c1ccccc1. The average molecular weight is 281 g/mol. The molecule has 110 valence electrons. The summed E-state index contributed by atoms with van der Waals surface area (Å²) in [5.74, 6) is 0.940. The number of nitrogens with one attached hydrogen (secondary N) is 1. The van der Waals surface area contributed by atoms with E-state index in [0.717, 1.165) is 11.4 Å². The van der Waals surface area contributed by atoms with Gasteiger partial charge >= 0.3 is 0 Å². The van der Waals surface area contributed by atoms with E-state index in [4.69, 9.17) is 4.74 Å². The third-order valence-corrected chi connectivity index (χ3v) is 4.06. The maximum atomic E-state index is 6.24. The highest BCUT2D eigenvalue weighted by Crippen LogP contribution is 2.39. The zero-order valence-corrected chi connectivity index (χ0v) is 13.2. The fourth-order valence-electron chi connectivity index (χ4n) is 2.77. The maximum absolute atomic E-state index is 6.24. The number of benzene rings is 2. The molecule has 0 aromatic heterocycles. The summed E-state index contributed by atoms with van der Waals surface area (Å²) in [6.07, 6.45) is 0.0548. The molecule has 0 saturated carbocycles. The molecule has 0 saturated heterocycles. The van der Waals surface area contributed by atoms with Gasteiger partial charge in [-0.25, -0.2) is 0 Å². The van der Waals surface area contributed by atoms with Gasteiger partial charge < -0.3 is 10.1 Å². The second-order valence-electron chi connectivity index (χ2n) is 6.84. The summed E-state index contributed by atoms with van der Waals surface area (Å²) < 4.78 is 6.24. The molecule has 0 spiro atoms. The first kappa shape index (κ1) is 14.0. The van der Waals surface area contributed by atoms with Crippen LogP contribution in [0.3, 0.4) is 0 Å². The average Bonchev–Trinajstić information content (AvgIpc) is 2.46. The Morgan fingerprint density at radius 2 is 1.71 bits per heavy atom. The molecule has 0 fully saturated rings. The predicted molar refractivity (Wildman–Crippen MR) is 88.0 cm³/mol. The van der Waals surface area contributed by atoms with Crippen molar-refractivity contribution >= 4 is 5.69 Å². The minimum Gasteiger partial charge on any atom is -0.481 e. The van der Waals surface area contributed by atoms with Crippen molar-refractivity contribution < 1.29 is 4.74 Å². The van der Waals surface area contributed by atoms with Crippen molar-refractivity contribution in [1.82, 2.24) is 0 Å².